The van der Waals surface area contributed by atoms with Crippen molar-refractivity contribution in [3.05, 3.63) is 12.7 Å². The molecule has 23 heavy (non-hydrogen) atoms. The van der Waals surface area contributed by atoms with Crippen LogP contribution in [0.1, 0.15) is 6.42 Å². The van der Waals surface area contributed by atoms with E-state index in [2.05, 4.69) is 6.58 Å². The Balaban J connectivity index is 1.41. The maximum absolute atomic E-state index is 11.7. The lowest BCUT2D eigenvalue weighted by atomic mass is 9.94. The molecule has 0 aliphatic carbocycles. The maximum atomic E-state index is 11.7. The zero-order valence-electron chi connectivity index (χ0n) is 12.1. The highest BCUT2D eigenvalue weighted by Crippen LogP contribution is 2.47. The highest BCUT2D eigenvalue weighted by molar-refractivity contribution is 8.14. The van der Waals surface area contributed by atoms with Crippen LogP contribution < -0.4 is 0 Å². The summed E-state index contributed by atoms with van der Waals surface area (Å²) in [6, 6.07) is 0. The molecule has 0 radical (unpaired) electrons. The third kappa shape index (κ3) is 3.31. The molecule has 128 valence electrons. The van der Waals surface area contributed by atoms with Crippen LogP contribution in [-0.2, 0) is 38.1 Å². The lowest BCUT2D eigenvalue weighted by Gasteiger charge is -2.21. The number of carbonyl (C=O) groups is 2. The van der Waals surface area contributed by atoms with Gasteiger partial charge in [-0.3, -0.25) is 8.98 Å². The van der Waals surface area contributed by atoms with E-state index >= 15 is 0 Å². The van der Waals surface area contributed by atoms with Gasteiger partial charge in [-0.15, -0.1) is 0 Å². The van der Waals surface area contributed by atoms with Crippen LogP contribution in [0.3, 0.4) is 0 Å². The van der Waals surface area contributed by atoms with Gasteiger partial charge in [-0.1, -0.05) is 18.3 Å². The van der Waals surface area contributed by atoms with Crippen LogP contribution in [0.25, 0.3) is 0 Å². The van der Waals surface area contributed by atoms with E-state index in [1.54, 1.807) is 0 Å². The van der Waals surface area contributed by atoms with Gasteiger partial charge in [0.1, 0.15) is 36.8 Å². The summed E-state index contributed by atoms with van der Waals surface area (Å²) in [6.45, 7) is 3.09. The van der Waals surface area contributed by atoms with Crippen LogP contribution in [0.4, 0.5) is 0 Å². The van der Waals surface area contributed by atoms with Crippen molar-refractivity contribution in [1.29, 1.82) is 0 Å². The van der Waals surface area contributed by atoms with E-state index in [9.17, 15) is 18.0 Å². The Labute approximate surface area is 137 Å². The molecule has 0 amide bonds. The molecular weight excluding hydrogens is 348 g/mol. The predicted molar refractivity (Wildman–Crippen MR) is 79.2 cm³/mol. The van der Waals surface area contributed by atoms with E-state index in [-0.39, 0.29) is 24.4 Å². The predicted octanol–water partition coefficient (Wildman–Crippen LogP) is -0.371. The molecule has 3 saturated heterocycles. The summed E-state index contributed by atoms with van der Waals surface area (Å²) in [5.41, 5.74) is 0. The first-order valence-electron chi connectivity index (χ1n) is 7.06. The fourth-order valence-corrected chi connectivity index (χ4v) is 5.12. The zero-order valence-corrected chi connectivity index (χ0v) is 13.7. The standard InChI is InChI=1S/C13H16O8S2/c1-2-10(15)22-4-3-18-9(14)6-19-11-7-5-8-12(20-7)13(11)21-23(8,16)17/h2,7-8,11-13H,1,3-6H2. The molecule has 5 atom stereocenters. The Morgan fingerprint density at radius 3 is 2.87 bits per heavy atom. The molecule has 0 aromatic rings. The molecule has 10 heteroatoms. The Bertz CT molecular complexity index is 615. The molecule has 0 spiro atoms. The van der Waals surface area contributed by atoms with E-state index in [1.165, 1.54) is 6.08 Å². The molecule has 0 aromatic carbocycles. The molecule has 3 aliphatic heterocycles. The fraction of sp³-hybridized carbons (Fsp3) is 0.692. The number of ether oxygens (including phenoxy) is 3. The van der Waals surface area contributed by atoms with Crippen LogP contribution in [0.5, 0.6) is 0 Å². The number of esters is 1. The molecule has 2 bridgehead atoms. The van der Waals surface area contributed by atoms with Crippen molar-refractivity contribution >= 4 is 33.0 Å². The molecule has 3 fully saturated rings. The van der Waals surface area contributed by atoms with E-state index in [1.807, 2.05) is 0 Å². The van der Waals surface area contributed by atoms with Gasteiger partial charge in [0.25, 0.3) is 10.1 Å². The third-order valence-electron chi connectivity index (χ3n) is 3.94. The maximum Gasteiger partial charge on any atom is 0.332 e. The first-order valence-corrected chi connectivity index (χ1v) is 9.52. The summed E-state index contributed by atoms with van der Waals surface area (Å²) in [5.74, 6) is -0.253. The number of fused-ring (bicyclic) bond motifs is 1. The summed E-state index contributed by atoms with van der Waals surface area (Å²) >= 11 is 0.999. The van der Waals surface area contributed by atoms with Crippen LogP contribution >= 0.6 is 11.8 Å². The van der Waals surface area contributed by atoms with Crippen molar-refractivity contribution in [1.82, 2.24) is 0 Å². The van der Waals surface area contributed by atoms with Crippen molar-refractivity contribution in [2.24, 2.45) is 0 Å². The minimum absolute atomic E-state index is 0.0794. The Hall–Kier alpha value is -0.940. The first kappa shape index (κ1) is 16.9. The van der Waals surface area contributed by atoms with Crippen LogP contribution in [0.2, 0.25) is 0 Å². The molecule has 3 heterocycles. The van der Waals surface area contributed by atoms with Crippen molar-refractivity contribution in [2.45, 2.75) is 36.1 Å². The summed E-state index contributed by atoms with van der Waals surface area (Å²) in [6.07, 6.45) is -0.639. The number of hydrogen-bond donors (Lipinski definition) is 0. The van der Waals surface area contributed by atoms with Crippen LogP contribution in [0.15, 0.2) is 12.7 Å². The lowest BCUT2D eigenvalue weighted by Crippen LogP contribution is -2.41. The van der Waals surface area contributed by atoms with Crippen molar-refractivity contribution in [2.75, 3.05) is 19.0 Å². The summed E-state index contributed by atoms with van der Waals surface area (Å²) < 4.78 is 44.4. The van der Waals surface area contributed by atoms with E-state index in [0.29, 0.717) is 12.2 Å². The van der Waals surface area contributed by atoms with Gasteiger partial charge < -0.3 is 14.2 Å². The van der Waals surface area contributed by atoms with E-state index < -0.39 is 39.6 Å². The largest absolute Gasteiger partial charge is 0.463 e. The van der Waals surface area contributed by atoms with Gasteiger partial charge in [0, 0.05) is 5.75 Å². The van der Waals surface area contributed by atoms with Crippen molar-refractivity contribution in [3.63, 3.8) is 0 Å². The number of rotatable bonds is 7. The average molecular weight is 364 g/mol. The molecule has 0 N–H and O–H groups in total. The van der Waals surface area contributed by atoms with E-state index in [0.717, 1.165) is 11.8 Å². The van der Waals surface area contributed by atoms with Gasteiger partial charge in [0.2, 0.25) is 5.12 Å². The molecule has 3 aliphatic rings. The van der Waals surface area contributed by atoms with Gasteiger partial charge >= 0.3 is 5.97 Å². The molecule has 0 saturated carbocycles. The quantitative estimate of drug-likeness (QED) is 0.259. The smallest absolute Gasteiger partial charge is 0.332 e. The highest BCUT2D eigenvalue weighted by atomic mass is 32.2. The second kappa shape index (κ2) is 6.52. The van der Waals surface area contributed by atoms with Crippen molar-refractivity contribution < 1.29 is 36.4 Å². The topological polar surface area (TPSA) is 105 Å². The van der Waals surface area contributed by atoms with Gasteiger partial charge in [-0.05, 0) is 12.5 Å². The first-order chi connectivity index (χ1) is 10.9. The van der Waals surface area contributed by atoms with Gasteiger partial charge in [0.05, 0.1) is 6.10 Å². The van der Waals surface area contributed by atoms with Gasteiger partial charge in [-0.25, -0.2) is 4.79 Å². The normalized spacial score (nSPS) is 36.1. The van der Waals surface area contributed by atoms with Gasteiger partial charge in [-0.2, -0.15) is 8.42 Å². The van der Waals surface area contributed by atoms with E-state index in [4.69, 9.17) is 18.4 Å². The minimum atomic E-state index is -3.60. The Kier molecular flexibility index (Phi) is 4.79. The highest BCUT2D eigenvalue weighted by Gasteiger charge is 2.66. The summed E-state index contributed by atoms with van der Waals surface area (Å²) in [5, 5.41) is -0.811. The number of thioether (sulfide) groups is 1. The zero-order chi connectivity index (χ0) is 16.6. The Morgan fingerprint density at radius 1 is 1.35 bits per heavy atom. The summed E-state index contributed by atoms with van der Waals surface area (Å²) in [7, 11) is -3.60. The van der Waals surface area contributed by atoms with Crippen LogP contribution in [0, 0.1) is 0 Å². The molecule has 0 aromatic heterocycles. The average Bonchev–Trinajstić information content (AvgIpc) is 3.12. The third-order valence-corrected chi connectivity index (χ3v) is 6.46. The van der Waals surface area contributed by atoms with Crippen LogP contribution in [-0.4, -0.2) is 68.1 Å². The summed E-state index contributed by atoms with van der Waals surface area (Å²) in [4.78, 5) is 22.5. The number of hydrogen-bond acceptors (Lipinski definition) is 9. The fourth-order valence-electron chi connectivity index (χ4n) is 2.99. The molecule has 3 rings (SSSR count). The number of carbonyl (C=O) groups excluding carboxylic acids is 2. The second-order valence-electron chi connectivity index (χ2n) is 5.33. The second-order valence-corrected chi connectivity index (χ2v) is 8.22. The van der Waals surface area contributed by atoms with Gasteiger partial charge in [0.15, 0.2) is 0 Å². The Morgan fingerprint density at radius 2 is 2.13 bits per heavy atom. The monoisotopic (exact) mass is 364 g/mol. The SMILES string of the molecule is C=CC(=O)SCCOC(=O)COC1C2CC3C(O2)C1OS3(=O)=O. The minimum Gasteiger partial charge on any atom is -0.463 e. The molecular formula is C13H16O8S2. The molecule has 8 nitrogen and oxygen atoms in total. The van der Waals surface area contributed by atoms with Crippen molar-refractivity contribution in [3.8, 4) is 0 Å². The lowest BCUT2D eigenvalue weighted by molar-refractivity contribution is -0.152. The molecule has 5 unspecified atom stereocenters.